The quantitative estimate of drug-likeness (QED) is 0.842. The summed E-state index contributed by atoms with van der Waals surface area (Å²) < 4.78 is 42.8. The van der Waals surface area contributed by atoms with Gasteiger partial charge in [-0.15, -0.1) is 0 Å². The first-order valence-electron chi connectivity index (χ1n) is 5.02. The van der Waals surface area contributed by atoms with E-state index in [2.05, 4.69) is 5.32 Å². The molecule has 1 aromatic rings. The Balaban J connectivity index is 2.21. The van der Waals surface area contributed by atoms with Crippen LogP contribution in [0.25, 0.3) is 0 Å². The van der Waals surface area contributed by atoms with Crippen molar-refractivity contribution in [1.29, 1.82) is 0 Å². The molecule has 0 aliphatic carbocycles. The molecule has 0 fully saturated rings. The van der Waals surface area contributed by atoms with E-state index < -0.39 is 11.7 Å². The van der Waals surface area contributed by atoms with E-state index in [9.17, 15) is 13.2 Å². The SMILES string of the molecule is CNCC1Cc2cc(C(F)(F)F)ccc2O1. The Morgan fingerprint density at radius 2 is 2.19 bits per heavy atom. The molecule has 1 aliphatic rings. The fraction of sp³-hybridized carbons (Fsp3) is 0.455. The van der Waals surface area contributed by atoms with Gasteiger partial charge >= 0.3 is 6.18 Å². The van der Waals surface area contributed by atoms with Crippen LogP contribution in [-0.2, 0) is 12.6 Å². The second-order valence-electron chi connectivity index (χ2n) is 3.82. The van der Waals surface area contributed by atoms with Crippen LogP contribution < -0.4 is 10.1 Å². The topological polar surface area (TPSA) is 21.3 Å². The van der Waals surface area contributed by atoms with Gasteiger partial charge in [0.2, 0.25) is 0 Å². The van der Waals surface area contributed by atoms with Gasteiger partial charge in [-0.1, -0.05) is 0 Å². The fourth-order valence-electron chi connectivity index (χ4n) is 1.84. The van der Waals surface area contributed by atoms with Crippen molar-refractivity contribution < 1.29 is 17.9 Å². The van der Waals surface area contributed by atoms with Crippen molar-refractivity contribution in [2.24, 2.45) is 0 Å². The number of hydrogen-bond donors (Lipinski definition) is 1. The highest BCUT2D eigenvalue weighted by Crippen LogP contribution is 2.35. The van der Waals surface area contributed by atoms with Crippen molar-refractivity contribution in [1.82, 2.24) is 5.32 Å². The van der Waals surface area contributed by atoms with E-state index in [-0.39, 0.29) is 6.10 Å². The van der Waals surface area contributed by atoms with Gasteiger partial charge < -0.3 is 10.1 Å². The molecule has 2 rings (SSSR count). The molecule has 0 bridgehead atoms. The predicted molar refractivity (Wildman–Crippen MR) is 53.5 cm³/mol. The molecular weight excluding hydrogens is 219 g/mol. The van der Waals surface area contributed by atoms with Crippen molar-refractivity contribution in [3.05, 3.63) is 29.3 Å². The van der Waals surface area contributed by atoms with Gasteiger partial charge in [-0.3, -0.25) is 0 Å². The van der Waals surface area contributed by atoms with Gasteiger partial charge in [-0.25, -0.2) is 0 Å². The van der Waals surface area contributed by atoms with Crippen LogP contribution in [0.2, 0.25) is 0 Å². The molecule has 1 unspecified atom stereocenters. The minimum atomic E-state index is -4.28. The molecule has 0 spiro atoms. The van der Waals surface area contributed by atoms with E-state index in [1.807, 2.05) is 0 Å². The van der Waals surface area contributed by atoms with Crippen LogP contribution in [0.5, 0.6) is 5.75 Å². The predicted octanol–water partition coefficient (Wildman–Crippen LogP) is 2.23. The maximum atomic E-state index is 12.4. The summed E-state index contributed by atoms with van der Waals surface area (Å²) in [6.45, 7) is 0.635. The Morgan fingerprint density at radius 3 is 2.81 bits per heavy atom. The van der Waals surface area contributed by atoms with Crippen LogP contribution in [0, 0.1) is 0 Å². The van der Waals surface area contributed by atoms with Gasteiger partial charge in [0.1, 0.15) is 11.9 Å². The van der Waals surface area contributed by atoms with Gasteiger partial charge in [0, 0.05) is 13.0 Å². The number of rotatable bonds is 2. The summed E-state index contributed by atoms with van der Waals surface area (Å²) in [4.78, 5) is 0. The van der Waals surface area contributed by atoms with Gasteiger partial charge in [-0.2, -0.15) is 13.2 Å². The van der Waals surface area contributed by atoms with E-state index in [1.165, 1.54) is 12.1 Å². The van der Waals surface area contributed by atoms with E-state index in [0.29, 0.717) is 24.3 Å². The first-order chi connectivity index (χ1) is 7.50. The summed E-state index contributed by atoms with van der Waals surface area (Å²) in [7, 11) is 1.79. The van der Waals surface area contributed by atoms with Crippen LogP contribution in [0.3, 0.4) is 0 Å². The maximum absolute atomic E-state index is 12.4. The first kappa shape index (κ1) is 11.3. The lowest BCUT2D eigenvalue weighted by molar-refractivity contribution is -0.137. The molecule has 1 aromatic carbocycles. The number of likely N-dealkylation sites (N-methyl/N-ethyl adjacent to an activating group) is 1. The highest BCUT2D eigenvalue weighted by molar-refractivity contribution is 5.41. The average molecular weight is 231 g/mol. The summed E-state index contributed by atoms with van der Waals surface area (Å²) in [6, 6.07) is 3.62. The molecule has 5 heteroatoms. The molecule has 88 valence electrons. The zero-order valence-electron chi connectivity index (χ0n) is 8.77. The third-order valence-electron chi connectivity index (χ3n) is 2.56. The number of ether oxygens (including phenoxy) is 1. The van der Waals surface area contributed by atoms with Crippen LogP contribution in [0.4, 0.5) is 13.2 Å². The smallest absolute Gasteiger partial charge is 0.416 e. The van der Waals surface area contributed by atoms with E-state index >= 15 is 0 Å². The van der Waals surface area contributed by atoms with Crippen molar-refractivity contribution in [3.8, 4) is 5.75 Å². The molecular formula is C11H12F3NO. The Hall–Kier alpha value is -1.23. The van der Waals surface area contributed by atoms with Crippen LogP contribution >= 0.6 is 0 Å². The molecule has 0 saturated heterocycles. The first-order valence-corrected chi connectivity index (χ1v) is 5.02. The Labute approximate surface area is 91.4 Å². The molecule has 1 aliphatic heterocycles. The summed E-state index contributed by atoms with van der Waals surface area (Å²) in [5, 5.41) is 2.94. The molecule has 2 nitrogen and oxygen atoms in total. The van der Waals surface area contributed by atoms with Crippen LogP contribution in [0.15, 0.2) is 18.2 Å². The number of halogens is 3. The Kier molecular flexibility index (Phi) is 2.80. The zero-order chi connectivity index (χ0) is 11.8. The van der Waals surface area contributed by atoms with Crippen LogP contribution in [0.1, 0.15) is 11.1 Å². The zero-order valence-corrected chi connectivity index (χ0v) is 8.77. The molecule has 16 heavy (non-hydrogen) atoms. The average Bonchev–Trinajstić information content (AvgIpc) is 2.57. The molecule has 0 amide bonds. The van der Waals surface area contributed by atoms with Crippen LogP contribution in [-0.4, -0.2) is 19.7 Å². The number of hydrogen-bond acceptors (Lipinski definition) is 2. The van der Waals surface area contributed by atoms with Gasteiger partial charge in [0.15, 0.2) is 0 Å². The summed E-state index contributed by atoms with van der Waals surface area (Å²) in [5.74, 6) is 0.563. The molecule has 1 N–H and O–H groups in total. The van der Waals surface area contributed by atoms with E-state index in [0.717, 1.165) is 6.07 Å². The second-order valence-corrected chi connectivity index (χ2v) is 3.82. The maximum Gasteiger partial charge on any atom is 0.416 e. The largest absolute Gasteiger partial charge is 0.488 e. The van der Waals surface area contributed by atoms with Crippen molar-refractivity contribution in [2.75, 3.05) is 13.6 Å². The third-order valence-corrected chi connectivity index (χ3v) is 2.56. The number of benzene rings is 1. The van der Waals surface area contributed by atoms with Gasteiger partial charge in [0.25, 0.3) is 0 Å². The highest BCUT2D eigenvalue weighted by atomic mass is 19.4. The lowest BCUT2D eigenvalue weighted by Gasteiger charge is -2.09. The Bertz CT molecular complexity index is 389. The van der Waals surface area contributed by atoms with E-state index in [4.69, 9.17) is 4.74 Å². The molecule has 0 aromatic heterocycles. The molecule has 1 heterocycles. The molecule has 0 radical (unpaired) electrons. The highest BCUT2D eigenvalue weighted by Gasteiger charge is 2.32. The fourth-order valence-corrected chi connectivity index (χ4v) is 1.84. The molecule has 0 saturated carbocycles. The van der Waals surface area contributed by atoms with Crippen molar-refractivity contribution >= 4 is 0 Å². The number of fused-ring (bicyclic) bond motifs is 1. The normalized spacial score (nSPS) is 19.4. The van der Waals surface area contributed by atoms with Gasteiger partial charge in [0.05, 0.1) is 5.56 Å². The minimum absolute atomic E-state index is 0.0662. The summed E-state index contributed by atoms with van der Waals surface area (Å²) in [5.41, 5.74) is 0.0232. The minimum Gasteiger partial charge on any atom is -0.488 e. The van der Waals surface area contributed by atoms with Crippen molar-refractivity contribution in [3.63, 3.8) is 0 Å². The van der Waals surface area contributed by atoms with Crippen molar-refractivity contribution in [2.45, 2.75) is 18.7 Å². The lowest BCUT2D eigenvalue weighted by atomic mass is 10.1. The number of nitrogens with one attached hydrogen (secondary N) is 1. The monoisotopic (exact) mass is 231 g/mol. The third kappa shape index (κ3) is 2.14. The molecule has 1 atom stereocenters. The van der Waals surface area contributed by atoms with E-state index in [1.54, 1.807) is 7.05 Å². The Morgan fingerprint density at radius 1 is 1.44 bits per heavy atom. The number of alkyl halides is 3. The lowest BCUT2D eigenvalue weighted by Crippen LogP contribution is -2.27. The summed E-state index contributed by atoms with van der Waals surface area (Å²) in [6.07, 6.45) is -3.82. The summed E-state index contributed by atoms with van der Waals surface area (Å²) >= 11 is 0. The standard InChI is InChI=1S/C11H12F3NO/c1-15-6-9-5-7-4-8(11(12,13)14)2-3-10(7)16-9/h2-4,9,15H,5-6H2,1H3. The van der Waals surface area contributed by atoms with Gasteiger partial charge in [-0.05, 0) is 30.8 Å². The second kappa shape index (κ2) is 3.97.